The van der Waals surface area contributed by atoms with Crippen molar-refractivity contribution in [1.82, 2.24) is 10.3 Å². The van der Waals surface area contributed by atoms with Crippen LogP contribution in [0.1, 0.15) is 19.3 Å². The van der Waals surface area contributed by atoms with Gasteiger partial charge in [0.05, 0.1) is 16.0 Å². The Balaban J connectivity index is 0.00000144. The molecule has 4 N–H and O–H groups in total. The molecule has 3 rings (SSSR count). The number of amides is 1. The van der Waals surface area contributed by atoms with Gasteiger partial charge < -0.3 is 16.4 Å². The fourth-order valence-corrected chi connectivity index (χ4v) is 4.20. The van der Waals surface area contributed by atoms with Gasteiger partial charge in [0.15, 0.2) is 0 Å². The number of aromatic nitrogens is 1. The summed E-state index contributed by atoms with van der Waals surface area (Å²) < 4.78 is 0. The van der Waals surface area contributed by atoms with E-state index in [0.29, 0.717) is 40.8 Å². The lowest BCUT2D eigenvalue weighted by Gasteiger charge is -2.27. The Morgan fingerprint density at radius 1 is 1.25 bits per heavy atom. The molecular formula is C15H22Cl4N4O. The van der Waals surface area contributed by atoms with Crippen LogP contribution >= 0.6 is 48.0 Å². The molecule has 1 aromatic heterocycles. The third-order valence-corrected chi connectivity index (χ3v) is 5.30. The molecule has 2 fully saturated rings. The maximum atomic E-state index is 12.3. The first-order chi connectivity index (χ1) is 10.6. The maximum absolute atomic E-state index is 12.3. The fourth-order valence-electron chi connectivity index (χ4n) is 3.75. The van der Waals surface area contributed by atoms with Crippen LogP contribution < -0.4 is 16.4 Å². The topological polar surface area (TPSA) is 80.0 Å². The second-order valence-corrected chi connectivity index (χ2v) is 6.98. The van der Waals surface area contributed by atoms with Gasteiger partial charge in [0.1, 0.15) is 5.82 Å². The lowest BCUT2D eigenvalue weighted by atomic mass is 9.84. The number of anilines is 1. The Hall–Kier alpha value is -0.460. The van der Waals surface area contributed by atoms with Crippen molar-refractivity contribution in [1.29, 1.82) is 0 Å². The lowest BCUT2D eigenvalue weighted by molar-refractivity contribution is -0.126. The van der Waals surface area contributed by atoms with E-state index in [9.17, 15) is 4.79 Å². The summed E-state index contributed by atoms with van der Waals surface area (Å²) in [5, 5.41) is 7.01. The van der Waals surface area contributed by atoms with Gasteiger partial charge >= 0.3 is 0 Å². The van der Waals surface area contributed by atoms with Gasteiger partial charge in [0.25, 0.3) is 0 Å². The zero-order valence-electron chi connectivity index (χ0n) is 13.0. The van der Waals surface area contributed by atoms with Gasteiger partial charge in [0, 0.05) is 25.3 Å². The van der Waals surface area contributed by atoms with E-state index in [1.165, 1.54) is 12.6 Å². The number of carbonyl (C=O) groups excluding carboxylic acids is 1. The molecule has 0 radical (unpaired) electrons. The van der Waals surface area contributed by atoms with E-state index in [0.717, 1.165) is 12.8 Å². The molecular weight excluding hydrogens is 394 g/mol. The molecule has 9 heteroatoms. The van der Waals surface area contributed by atoms with Crippen molar-refractivity contribution in [3.8, 4) is 0 Å². The zero-order valence-corrected chi connectivity index (χ0v) is 16.1. The van der Waals surface area contributed by atoms with Gasteiger partial charge in [-0.3, -0.25) is 4.79 Å². The number of fused-ring (bicyclic) bond motifs is 2. The van der Waals surface area contributed by atoms with Gasteiger partial charge in [-0.2, -0.15) is 0 Å². The summed E-state index contributed by atoms with van der Waals surface area (Å²) in [6, 6.07) is 1.66. The largest absolute Gasteiger partial charge is 0.367 e. The first-order valence-electron chi connectivity index (χ1n) is 7.64. The predicted molar refractivity (Wildman–Crippen MR) is 103 cm³/mol. The highest BCUT2D eigenvalue weighted by molar-refractivity contribution is 6.35. The summed E-state index contributed by atoms with van der Waals surface area (Å²) in [5.41, 5.74) is 6.18. The number of halogens is 4. The Labute approximate surface area is 164 Å². The molecule has 5 nitrogen and oxygen atoms in total. The maximum Gasteiger partial charge on any atom is 0.225 e. The number of hydrogen-bond acceptors (Lipinski definition) is 4. The minimum atomic E-state index is -0.0176. The average Bonchev–Trinajstić information content (AvgIpc) is 3.06. The molecule has 0 aromatic carbocycles. The number of nitrogens with zero attached hydrogens (tertiary/aromatic N) is 1. The first-order valence-corrected chi connectivity index (χ1v) is 8.40. The SMILES string of the molecule is Cl.Cl.NC1C2CCC(C2)C1C(=O)NCCNc1ncc(Cl)cc1Cl. The van der Waals surface area contributed by atoms with E-state index >= 15 is 0 Å². The van der Waals surface area contributed by atoms with Crippen LogP contribution in [0.25, 0.3) is 0 Å². The van der Waals surface area contributed by atoms with Crippen LogP contribution in [0.2, 0.25) is 10.0 Å². The van der Waals surface area contributed by atoms with Crippen LogP contribution in [0, 0.1) is 17.8 Å². The highest BCUT2D eigenvalue weighted by atomic mass is 35.5. The third-order valence-electron chi connectivity index (χ3n) is 4.81. The third kappa shape index (κ3) is 4.58. The number of hydrogen-bond donors (Lipinski definition) is 3. The Morgan fingerprint density at radius 2 is 1.96 bits per heavy atom. The Bertz CT molecular complexity index is 572. The van der Waals surface area contributed by atoms with Crippen molar-refractivity contribution in [3.63, 3.8) is 0 Å². The molecule has 2 aliphatic rings. The van der Waals surface area contributed by atoms with Gasteiger partial charge in [-0.25, -0.2) is 4.98 Å². The molecule has 0 spiro atoms. The van der Waals surface area contributed by atoms with Crippen molar-refractivity contribution in [2.75, 3.05) is 18.4 Å². The molecule has 1 amide bonds. The Morgan fingerprint density at radius 3 is 2.58 bits per heavy atom. The number of carbonyl (C=O) groups is 1. The fraction of sp³-hybridized carbons (Fsp3) is 0.600. The number of nitrogens with one attached hydrogen (secondary N) is 2. The van der Waals surface area contributed by atoms with Crippen LogP contribution in [0.15, 0.2) is 12.3 Å². The van der Waals surface area contributed by atoms with Crippen LogP contribution in [0.5, 0.6) is 0 Å². The number of nitrogens with two attached hydrogens (primary N) is 1. The molecule has 4 unspecified atom stereocenters. The smallest absolute Gasteiger partial charge is 0.225 e. The first kappa shape index (κ1) is 21.6. The van der Waals surface area contributed by atoms with Gasteiger partial charge in [0.2, 0.25) is 5.91 Å². The zero-order chi connectivity index (χ0) is 15.7. The van der Waals surface area contributed by atoms with Crippen LogP contribution in [0.4, 0.5) is 5.82 Å². The van der Waals surface area contributed by atoms with Crippen molar-refractivity contribution >= 4 is 59.7 Å². The van der Waals surface area contributed by atoms with E-state index < -0.39 is 0 Å². The molecule has 2 bridgehead atoms. The van der Waals surface area contributed by atoms with Crippen molar-refractivity contribution in [3.05, 3.63) is 22.3 Å². The molecule has 0 saturated heterocycles. The summed E-state index contributed by atoms with van der Waals surface area (Å²) in [7, 11) is 0. The highest BCUT2D eigenvalue weighted by Gasteiger charge is 2.48. The van der Waals surface area contributed by atoms with E-state index in [4.69, 9.17) is 28.9 Å². The highest BCUT2D eigenvalue weighted by Crippen LogP contribution is 2.47. The normalized spacial score (nSPS) is 27.1. The monoisotopic (exact) mass is 414 g/mol. The minimum absolute atomic E-state index is 0. The summed E-state index contributed by atoms with van der Waals surface area (Å²) in [5.74, 6) is 1.64. The predicted octanol–water partition coefficient (Wildman–Crippen LogP) is 3.13. The van der Waals surface area contributed by atoms with Gasteiger partial charge in [-0.15, -0.1) is 24.8 Å². The van der Waals surface area contributed by atoms with E-state index in [2.05, 4.69) is 15.6 Å². The standard InChI is InChI=1S/C15H20Cl2N4O.2ClH/c16-10-6-11(17)14(21-7-10)19-3-4-20-15(22)12-8-1-2-9(5-8)13(12)18;;/h6-9,12-13H,1-5,18H2,(H,19,21)(H,20,22);2*1H. The molecule has 1 heterocycles. The second-order valence-electron chi connectivity index (χ2n) is 6.14. The number of rotatable bonds is 5. The minimum Gasteiger partial charge on any atom is -0.367 e. The number of pyridine rings is 1. The molecule has 24 heavy (non-hydrogen) atoms. The van der Waals surface area contributed by atoms with Gasteiger partial charge in [-0.05, 0) is 37.2 Å². The quantitative estimate of drug-likeness (QED) is 0.645. The summed E-state index contributed by atoms with van der Waals surface area (Å²) in [6.07, 6.45) is 4.96. The average molecular weight is 416 g/mol. The van der Waals surface area contributed by atoms with Crippen molar-refractivity contribution in [2.24, 2.45) is 23.5 Å². The van der Waals surface area contributed by atoms with E-state index in [1.54, 1.807) is 6.07 Å². The van der Waals surface area contributed by atoms with Crippen LogP contribution in [-0.4, -0.2) is 30.0 Å². The van der Waals surface area contributed by atoms with E-state index in [1.807, 2.05) is 0 Å². The Kier molecular flexibility index (Phi) is 8.36. The molecule has 4 atom stereocenters. The second kappa shape index (κ2) is 9.30. The molecule has 2 aliphatic carbocycles. The van der Waals surface area contributed by atoms with Crippen LogP contribution in [0.3, 0.4) is 0 Å². The summed E-state index contributed by atoms with van der Waals surface area (Å²) >= 11 is 11.8. The van der Waals surface area contributed by atoms with Crippen molar-refractivity contribution in [2.45, 2.75) is 25.3 Å². The van der Waals surface area contributed by atoms with E-state index in [-0.39, 0.29) is 42.7 Å². The van der Waals surface area contributed by atoms with Crippen LogP contribution in [-0.2, 0) is 4.79 Å². The molecule has 136 valence electrons. The van der Waals surface area contributed by atoms with Crippen molar-refractivity contribution < 1.29 is 4.79 Å². The van der Waals surface area contributed by atoms with Gasteiger partial charge in [-0.1, -0.05) is 23.2 Å². The molecule has 0 aliphatic heterocycles. The summed E-state index contributed by atoms with van der Waals surface area (Å²) in [4.78, 5) is 16.4. The molecule has 2 saturated carbocycles. The lowest BCUT2D eigenvalue weighted by Crippen LogP contribution is -2.46. The molecule has 1 aromatic rings. The summed E-state index contributed by atoms with van der Waals surface area (Å²) in [6.45, 7) is 1.07.